The Morgan fingerprint density at radius 2 is 1.84 bits per heavy atom. The third-order valence-electron chi connectivity index (χ3n) is 4.58. The van der Waals surface area contributed by atoms with Crippen LogP contribution in [-0.4, -0.2) is 40.6 Å². The lowest BCUT2D eigenvalue weighted by molar-refractivity contribution is 0.334. The zero-order chi connectivity index (χ0) is 22.2. The van der Waals surface area contributed by atoms with E-state index in [0.29, 0.717) is 22.0 Å². The Morgan fingerprint density at radius 3 is 2.55 bits per heavy atom. The van der Waals surface area contributed by atoms with Crippen molar-refractivity contribution in [2.45, 2.75) is 30.4 Å². The molecular formula is C21H21ClN4O3S2. The van der Waals surface area contributed by atoms with Crippen LogP contribution in [0.15, 0.2) is 47.4 Å². The summed E-state index contributed by atoms with van der Waals surface area (Å²) in [5.74, 6) is 0.842. The number of hydrogen-bond acceptors (Lipinski definition) is 8. The van der Waals surface area contributed by atoms with Gasteiger partial charge in [0.05, 0.1) is 36.6 Å². The number of rotatable bonds is 6. The number of sulfone groups is 1. The third kappa shape index (κ3) is 4.30. The largest absolute Gasteiger partial charge is 0.476 e. The van der Waals surface area contributed by atoms with Crippen LogP contribution in [0.3, 0.4) is 0 Å². The van der Waals surface area contributed by atoms with E-state index in [-0.39, 0.29) is 23.3 Å². The highest BCUT2D eigenvalue weighted by atomic mass is 35.5. The minimum atomic E-state index is -3.54. The first-order valence-electron chi connectivity index (χ1n) is 9.57. The molecule has 4 rings (SSSR count). The molecule has 2 heterocycles. The predicted octanol–water partition coefficient (Wildman–Crippen LogP) is 5.17. The second-order valence-corrected chi connectivity index (χ2v) is 11.9. The number of ether oxygens (including phenoxy) is 1. The number of para-hydroxylation sites is 1. The molecule has 0 fully saturated rings. The van der Waals surface area contributed by atoms with Gasteiger partial charge in [-0.2, -0.15) is 4.98 Å². The summed E-state index contributed by atoms with van der Waals surface area (Å²) in [5, 5.41) is 4.28. The number of benzene rings is 2. The normalized spacial score (nSPS) is 12.4. The number of fused-ring (bicyclic) bond motifs is 2. The second-order valence-electron chi connectivity index (χ2n) is 7.80. The molecule has 0 radical (unpaired) electrons. The number of hydrogen-bond donors (Lipinski definition) is 1. The smallest absolute Gasteiger partial charge is 0.232 e. The van der Waals surface area contributed by atoms with E-state index in [1.165, 1.54) is 11.3 Å². The lowest BCUT2D eigenvalue weighted by Gasteiger charge is -2.19. The van der Waals surface area contributed by atoms with Gasteiger partial charge in [0.2, 0.25) is 11.8 Å². The minimum Gasteiger partial charge on any atom is -0.476 e. The topological polar surface area (TPSA) is 94.1 Å². The van der Waals surface area contributed by atoms with Gasteiger partial charge in [0, 0.05) is 0 Å². The van der Waals surface area contributed by atoms with Gasteiger partial charge in [-0.25, -0.2) is 18.4 Å². The van der Waals surface area contributed by atoms with E-state index in [4.69, 9.17) is 16.3 Å². The van der Waals surface area contributed by atoms with Gasteiger partial charge in [-0.05, 0) is 51.1 Å². The Morgan fingerprint density at radius 1 is 1.06 bits per heavy atom. The van der Waals surface area contributed by atoms with Gasteiger partial charge in [0.15, 0.2) is 15.0 Å². The molecule has 0 saturated heterocycles. The number of halogens is 1. The fourth-order valence-electron chi connectivity index (χ4n) is 2.92. The van der Waals surface area contributed by atoms with E-state index < -0.39 is 14.6 Å². The van der Waals surface area contributed by atoms with Crippen molar-refractivity contribution in [3.05, 3.63) is 42.5 Å². The Kier molecular flexibility index (Phi) is 5.76. The molecule has 0 aliphatic heterocycles. The third-order valence-corrected chi connectivity index (χ3v) is 8.17. The van der Waals surface area contributed by atoms with Crippen LogP contribution >= 0.6 is 22.9 Å². The van der Waals surface area contributed by atoms with Crippen LogP contribution in [0.5, 0.6) is 5.88 Å². The molecule has 0 bridgehead atoms. The summed E-state index contributed by atoms with van der Waals surface area (Å²) in [5.41, 5.74) is 1.43. The monoisotopic (exact) mass is 476 g/mol. The summed E-state index contributed by atoms with van der Waals surface area (Å²) < 4.78 is 31.6. The van der Waals surface area contributed by atoms with Crippen LogP contribution in [0, 0.1) is 0 Å². The molecule has 2 aromatic carbocycles. The number of alkyl halides is 1. The van der Waals surface area contributed by atoms with Crippen molar-refractivity contribution in [3.63, 3.8) is 0 Å². The Bertz CT molecular complexity index is 1330. The van der Waals surface area contributed by atoms with E-state index in [1.807, 2.05) is 24.3 Å². The van der Waals surface area contributed by atoms with Crippen molar-refractivity contribution in [2.75, 3.05) is 17.8 Å². The highest BCUT2D eigenvalue weighted by Crippen LogP contribution is 2.33. The van der Waals surface area contributed by atoms with Crippen LogP contribution in [-0.2, 0) is 9.84 Å². The lowest BCUT2D eigenvalue weighted by Crippen LogP contribution is -2.27. The number of thiazole rings is 1. The van der Waals surface area contributed by atoms with Gasteiger partial charge in [0.1, 0.15) is 6.61 Å². The van der Waals surface area contributed by atoms with Gasteiger partial charge in [-0.15, -0.1) is 11.6 Å². The number of anilines is 2. The summed E-state index contributed by atoms with van der Waals surface area (Å²) in [4.78, 5) is 13.7. The standard InChI is InChI=1S/C21H21ClN4O3S2/c1-21(2,3)31(27,28)13-8-9-15-14(12-13)18(29-11-10-22)25-19(23-15)26-20-24-16-6-4-5-7-17(16)30-20/h4-9,12H,10-11H2,1-3H3,(H,23,24,25,26). The van der Waals surface area contributed by atoms with Crippen LogP contribution in [0.25, 0.3) is 21.1 Å². The van der Waals surface area contributed by atoms with Gasteiger partial charge < -0.3 is 4.74 Å². The number of aromatic nitrogens is 3. The highest BCUT2D eigenvalue weighted by molar-refractivity contribution is 7.92. The minimum absolute atomic E-state index is 0.193. The highest BCUT2D eigenvalue weighted by Gasteiger charge is 2.31. The van der Waals surface area contributed by atoms with Crippen molar-refractivity contribution in [3.8, 4) is 5.88 Å². The van der Waals surface area contributed by atoms with Gasteiger partial charge in [-0.1, -0.05) is 23.5 Å². The molecule has 7 nitrogen and oxygen atoms in total. The molecule has 4 aromatic rings. The van der Waals surface area contributed by atoms with E-state index in [2.05, 4.69) is 20.3 Å². The van der Waals surface area contributed by atoms with E-state index in [9.17, 15) is 8.42 Å². The molecule has 162 valence electrons. The summed E-state index contributed by atoms with van der Waals surface area (Å²) >= 11 is 7.28. The molecule has 0 saturated carbocycles. The zero-order valence-corrected chi connectivity index (χ0v) is 19.6. The molecule has 0 aliphatic rings. The summed E-state index contributed by atoms with van der Waals surface area (Å²) in [6, 6.07) is 12.6. The van der Waals surface area contributed by atoms with Crippen molar-refractivity contribution < 1.29 is 13.2 Å². The first-order valence-corrected chi connectivity index (χ1v) is 12.4. The molecule has 10 heteroatoms. The average Bonchev–Trinajstić information content (AvgIpc) is 3.13. The van der Waals surface area contributed by atoms with Crippen molar-refractivity contribution >= 4 is 65.0 Å². The molecule has 0 amide bonds. The average molecular weight is 477 g/mol. The molecule has 31 heavy (non-hydrogen) atoms. The quantitative estimate of drug-likeness (QED) is 0.383. The molecule has 2 aromatic heterocycles. The summed E-state index contributed by atoms with van der Waals surface area (Å²) in [7, 11) is -3.54. The zero-order valence-electron chi connectivity index (χ0n) is 17.2. The van der Waals surface area contributed by atoms with Crippen LogP contribution < -0.4 is 10.1 Å². The molecule has 0 atom stereocenters. The molecular weight excluding hydrogens is 456 g/mol. The lowest BCUT2D eigenvalue weighted by atomic mass is 10.2. The van der Waals surface area contributed by atoms with Gasteiger partial charge in [0.25, 0.3) is 0 Å². The van der Waals surface area contributed by atoms with E-state index >= 15 is 0 Å². The Hall–Kier alpha value is -2.49. The summed E-state index contributed by atoms with van der Waals surface area (Å²) in [6.07, 6.45) is 0. The molecule has 0 unspecified atom stereocenters. The SMILES string of the molecule is CC(C)(C)S(=O)(=O)c1ccc2nc(Nc3nc4ccccc4s3)nc(OCCCl)c2c1. The maximum absolute atomic E-state index is 12.9. The molecule has 0 spiro atoms. The first-order chi connectivity index (χ1) is 14.7. The van der Waals surface area contributed by atoms with Crippen molar-refractivity contribution in [1.29, 1.82) is 0 Å². The number of nitrogens with one attached hydrogen (secondary N) is 1. The van der Waals surface area contributed by atoms with Gasteiger partial charge >= 0.3 is 0 Å². The van der Waals surface area contributed by atoms with Crippen LogP contribution in [0.2, 0.25) is 0 Å². The van der Waals surface area contributed by atoms with Crippen molar-refractivity contribution in [2.24, 2.45) is 0 Å². The van der Waals surface area contributed by atoms with Crippen LogP contribution in [0.1, 0.15) is 20.8 Å². The van der Waals surface area contributed by atoms with Crippen LogP contribution in [0.4, 0.5) is 11.1 Å². The maximum atomic E-state index is 12.9. The van der Waals surface area contributed by atoms with Gasteiger partial charge in [-0.3, -0.25) is 5.32 Å². The molecule has 0 aliphatic carbocycles. The number of nitrogens with zero attached hydrogens (tertiary/aromatic N) is 3. The summed E-state index contributed by atoms with van der Waals surface area (Å²) in [6.45, 7) is 5.22. The first kappa shape index (κ1) is 21.7. The maximum Gasteiger partial charge on any atom is 0.232 e. The van der Waals surface area contributed by atoms with Crippen molar-refractivity contribution in [1.82, 2.24) is 15.0 Å². The predicted molar refractivity (Wildman–Crippen MR) is 126 cm³/mol. The van der Waals surface area contributed by atoms with E-state index in [0.717, 1.165) is 10.2 Å². The fraction of sp³-hybridized carbons (Fsp3) is 0.286. The van der Waals surface area contributed by atoms with E-state index in [1.54, 1.807) is 39.0 Å². The fourth-order valence-corrected chi connectivity index (χ4v) is 5.09. The Balaban J connectivity index is 1.78. The molecule has 1 N–H and O–H groups in total. The second kappa shape index (κ2) is 8.22. The Labute approximate surface area is 189 Å².